The van der Waals surface area contributed by atoms with Gasteiger partial charge in [0.2, 0.25) is 0 Å². The molecule has 6 heteroatoms. The van der Waals surface area contributed by atoms with Crippen molar-refractivity contribution in [2.24, 2.45) is 0 Å². The molecule has 2 N–H and O–H groups in total. The summed E-state index contributed by atoms with van der Waals surface area (Å²) in [7, 11) is 0. The van der Waals surface area contributed by atoms with Crippen LogP contribution >= 0.6 is 46.4 Å². The first-order valence-corrected chi connectivity index (χ1v) is 6.65. The largest absolute Gasteiger partial charge is 0.398 e. The van der Waals surface area contributed by atoms with Crippen molar-refractivity contribution in [3.63, 3.8) is 0 Å². The minimum Gasteiger partial charge on any atom is -0.398 e. The molecule has 19 heavy (non-hydrogen) atoms. The molecule has 0 spiro atoms. The lowest BCUT2D eigenvalue weighted by atomic mass is 10.0. The minimum atomic E-state index is -0.374. The average molecular weight is 335 g/mol. The van der Waals surface area contributed by atoms with Crippen LogP contribution in [0.25, 0.3) is 0 Å². The Morgan fingerprint density at radius 1 is 0.895 bits per heavy atom. The van der Waals surface area contributed by atoms with Crippen LogP contribution in [-0.2, 0) is 0 Å². The molecule has 0 bridgehead atoms. The average Bonchev–Trinajstić information content (AvgIpc) is 2.26. The number of hydrogen-bond donors (Lipinski definition) is 1. The summed E-state index contributed by atoms with van der Waals surface area (Å²) in [6.07, 6.45) is 0. The van der Waals surface area contributed by atoms with Gasteiger partial charge in [-0.3, -0.25) is 4.79 Å². The van der Waals surface area contributed by atoms with Crippen LogP contribution in [0.3, 0.4) is 0 Å². The highest BCUT2D eigenvalue weighted by molar-refractivity contribution is 6.43. The Morgan fingerprint density at radius 3 is 2.00 bits per heavy atom. The van der Waals surface area contributed by atoms with Gasteiger partial charge in [0.25, 0.3) is 0 Å². The lowest BCUT2D eigenvalue weighted by molar-refractivity contribution is 0.104. The highest BCUT2D eigenvalue weighted by atomic mass is 35.5. The second kappa shape index (κ2) is 5.59. The quantitative estimate of drug-likeness (QED) is 0.612. The maximum atomic E-state index is 12.4. The number of ketones is 1. The molecule has 0 aliphatic heterocycles. The summed E-state index contributed by atoms with van der Waals surface area (Å²) >= 11 is 23.6. The number of rotatable bonds is 2. The number of benzene rings is 2. The molecule has 0 saturated heterocycles. The third kappa shape index (κ3) is 2.98. The Hall–Kier alpha value is -0.930. The fourth-order valence-electron chi connectivity index (χ4n) is 1.63. The summed E-state index contributed by atoms with van der Waals surface area (Å²) < 4.78 is 0. The number of carbonyl (C=O) groups excluding carboxylic acids is 1. The fraction of sp³-hybridized carbons (Fsp3) is 0. The van der Waals surface area contributed by atoms with Gasteiger partial charge in [-0.25, -0.2) is 0 Å². The number of halogens is 4. The van der Waals surface area contributed by atoms with Gasteiger partial charge in [0.1, 0.15) is 0 Å². The van der Waals surface area contributed by atoms with Gasteiger partial charge >= 0.3 is 0 Å². The summed E-state index contributed by atoms with van der Waals surface area (Å²) in [4.78, 5) is 12.4. The van der Waals surface area contributed by atoms with E-state index in [9.17, 15) is 4.79 Å². The molecule has 0 fully saturated rings. The number of nitrogens with two attached hydrogens (primary N) is 1. The number of hydrogen-bond acceptors (Lipinski definition) is 2. The molecule has 0 heterocycles. The van der Waals surface area contributed by atoms with Crippen LogP contribution in [0.1, 0.15) is 15.9 Å². The predicted molar refractivity (Wildman–Crippen MR) is 80.8 cm³/mol. The Balaban J connectivity index is 2.56. The fourth-order valence-corrected chi connectivity index (χ4v) is 2.80. The summed E-state index contributed by atoms with van der Waals surface area (Å²) in [5.74, 6) is -0.374. The highest BCUT2D eigenvalue weighted by Crippen LogP contribution is 2.32. The third-order valence-corrected chi connectivity index (χ3v) is 3.54. The van der Waals surface area contributed by atoms with Gasteiger partial charge in [0, 0.05) is 21.3 Å². The van der Waals surface area contributed by atoms with Crippen LogP contribution in [0.2, 0.25) is 20.1 Å². The van der Waals surface area contributed by atoms with Crippen LogP contribution in [-0.4, -0.2) is 5.78 Å². The van der Waals surface area contributed by atoms with Gasteiger partial charge in [-0.1, -0.05) is 46.4 Å². The standard InChI is InChI=1S/C13H7Cl4NO/c14-6-1-2-8(11(18)5-6)13(19)12-9(16)3-7(15)4-10(12)17/h1-5H,18H2. The van der Waals surface area contributed by atoms with Gasteiger partial charge in [-0.2, -0.15) is 0 Å². The van der Waals surface area contributed by atoms with Crippen molar-refractivity contribution in [2.45, 2.75) is 0 Å². The van der Waals surface area contributed by atoms with E-state index < -0.39 is 0 Å². The summed E-state index contributed by atoms with van der Waals surface area (Å²) in [6, 6.07) is 7.50. The monoisotopic (exact) mass is 333 g/mol. The van der Waals surface area contributed by atoms with E-state index in [-0.39, 0.29) is 32.6 Å². The number of nitrogen functional groups attached to an aromatic ring is 1. The van der Waals surface area contributed by atoms with Gasteiger partial charge < -0.3 is 5.73 Å². The molecule has 2 aromatic rings. The van der Waals surface area contributed by atoms with Crippen molar-refractivity contribution >= 4 is 57.9 Å². The van der Waals surface area contributed by atoms with Gasteiger partial charge in [0.05, 0.1) is 15.6 Å². The molecule has 0 radical (unpaired) electrons. The first-order valence-electron chi connectivity index (χ1n) is 5.14. The molecule has 0 saturated carbocycles. The van der Waals surface area contributed by atoms with Gasteiger partial charge in [-0.05, 0) is 30.3 Å². The first kappa shape index (κ1) is 14.5. The molecule has 0 amide bonds. The molecule has 0 unspecified atom stereocenters. The van der Waals surface area contributed by atoms with E-state index >= 15 is 0 Å². The van der Waals surface area contributed by atoms with Crippen LogP contribution in [0, 0.1) is 0 Å². The first-order chi connectivity index (χ1) is 8.90. The lowest BCUT2D eigenvalue weighted by Gasteiger charge is -2.09. The van der Waals surface area contributed by atoms with Crippen molar-refractivity contribution in [2.75, 3.05) is 5.73 Å². The Morgan fingerprint density at radius 2 is 1.47 bits per heavy atom. The normalized spacial score (nSPS) is 10.5. The highest BCUT2D eigenvalue weighted by Gasteiger charge is 2.19. The van der Waals surface area contributed by atoms with E-state index in [2.05, 4.69) is 0 Å². The molecule has 2 rings (SSSR count). The number of anilines is 1. The van der Waals surface area contributed by atoms with Crippen LogP contribution in [0.5, 0.6) is 0 Å². The molecular formula is C13H7Cl4NO. The molecule has 2 aromatic carbocycles. The van der Waals surface area contributed by atoms with Gasteiger partial charge in [-0.15, -0.1) is 0 Å². The maximum absolute atomic E-state index is 12.4. The third-order valence-electron chi connectivity index (χ3n) is 2.49. The van der Waals surface area contributed by atoms with E-state index in [4.69, 9.17) is 52.1 Å². The zero-order chi connectivity index (χ0) is 14.2. The molecule has 0 aliphatic rings. The summed E-state index contributed by atoms with van der Waals surface area (Å²) in [5.41, 5.74) is 6.49. The Labute approximate surface area is 130 Å². The van der Waals surface area contributed by atoms with Crippen molar-refractivity contribution in [1.29, 1.82) is 0 Å². The second-order valence-corrected chi connectivity index (χ2v) is 5.49. The maximum Gasteiger partial charge on any atom is 0.198 e. The van der Waals surface area contributed by atoms with Crippen molar-refractivity contribution < 1.29 is 4.79 Å². The number of carbonyl (C=O) groups is 1. The van der Waals surface area contributed by atoms with E-state index in [0.717, 1.165) is 0 Å². The molecule has 0 aliphatic carbocycles. The predicted octanol–water partition coefficient (Wildman–Crippen LogP) is 5.11. The van der Waals surface area contributed by atoms with Crippen LogP contribution in [0.4, 0.5) is 5.69 Å². The van der Waals surface area contributed by atoms with Crippen molar-refractivity contribution in [1.82, 2.24) is 0 Å². The zero-order valence-electron chi connectivity index (χ0n) is 9.38. The second-order valence-electron chi connectivity index (χ2n) is 3.81. The zero-order valence-corrected chi connectivity index (χ0v) is 12.4. The van der Waals surface area contributed by atoms with E-state index in [1.54, 1.807) is 6.07 Å². The smallest absolute Gasteiger partial charge is 0.198 e. The van der Waals surface area contributed by atoms with E-state index in [0.29, 0.717) is 10.0 Å². The van der Waals surface area contributed by atoms with E-state index in [1.165, 1.54) is 24.3 Å². The molecular weight excluding hydrogens is 328 g/mol. The summed E-state index contributed by atoms with van der Waals surface area (Å²) in [6.45, 7) is 0. The Kier molecular flexibility index (Phi) is 4.26. The van der Waals surface area contributed by atoms with Crippen LogP contribution in [0.15, 0.2) is 30.3 Å². The lowest BCUT2D eigenvalue weighted by Crippen LogP contribution is -2.06. The van der Waals surface area contributed by atoms with Crippen LogP contribution < -0.4 is 5.73 Å². The minimum absolute atomic E-state index is 0.168. The molecule has 98 valence electrons. The Bertz CT molecular complexity index is 647. The molecule has 0 aromatic heterocycles. The SMILES string of the molecule is Nc1cc(Cl)ccc1C(=O)c1c(Cl)cc(Cl)cc1Cl. The van der Waals surface area contributed by atoms with Crippen molar-refractivity contribution in [3.05, 3.63) is 61.5 Å². The van der Waals surface area contributed by atoms with E-state index in [1.807, 2.05) is 0 Å². The summed E-state index contributed by atoms with van der Waals surface area (Å²) in [5, 5.41) is 1.16. The topological polar surface area (TPSA) is 43.1 Å². The molecule has 2 nitrogen and oxygen atoms in total. The molecule has 0 atom stereocenters. The van der Waals surface area contributed by atoms with Gasteiger partial charge in [0.15, 0.2) is 5.78 Å². The van der Waals surface area contributed by atoms with Crippen molar-refractivity contribution in [3.8, 4) is 0 Å².